The zero-order valence-electron chi connectivity index (χ0n) is 66.0. The molecular formula is C93H112F2N14. The number of pyridine rings is 2. The highest BCUT2D eigenvalue weighted by Crippen LogP contribution is 2.48. The van der Waals surface area contributed by atoms with Crippen molar-refractivity contribution in [3.8, 4) is 0 Å². The van der Waals surface area contributed by atoms with Crippen LogP contribution in [0.1, 0.15) is 171 Å². The van der Waals surface area contributed by atoms with Crippen LogP contribution in [0.2, 0.25) is 0 Å². The van der Waals surface area contributed by atoms with Gasteiger partial charge in [-0.15, -0.1) is 0 Å². The summed E-state index contributed by atoms with van der Waals surface area (Å²) in [6.45, 7) is 23.6. The maximum Gasteiger partial charge on any atom is 0.123 e. The predicted molar refractivity (Wildman–Crippen MR) is 441 cm³/mol. The number of benzene rings is 6. The van der Waals surface area contributed by atoms with Gasteiger partial charge in [0.05, 0.1) is 22.6 Å². The summed E-state index contributed by atoms with van der Waals surface area (Å²) in [5.74, 6) is -0.354. The molecule has 109 heavy (non-hydrogen) atoms. The van der Waals surface area contributed by atoms with E-state index in [0.29, 0.717) is 18.1 Å². The summed E-state index contributed by atoms with van der Waals surface area (Å²) in [5.41, 5.74) is 41.1. The van der Waals surface area contributed by atoms with Crippen LogP contribution in [0.3, 0.4) is 0 Å². The minimum absolute atomic E-state index is 0.00110. The number of hydrogen-bond donors (Lipinski definition) is 2. The van der Waals surface area contributed by atoms with Crippen LogP contribution in [0.25, 0.3) is 43.7 Å². The zero-order valence-corrected chi connectivity index (χ0v) is 66.0. The lowest BCUT2D eigenvalue weighted by molar-refractivity contribution is 0.146. The third-order valence-corrected chi connectivity index (χ3v) is 25.8. The zero-order chi connectivity index (χ0) is 75.5. The van der Waals surface area contributed by atoms with Gasteiger partial charge in [-0.2, -0.15) is 0 Å². The normalized spacial score (nSPS) is 19.8. The van der Waals surface area contributed by atoms with Crippen molar-refractivity contribution in [2.45, 2.75) is 173 Å². The average Bonchev–Trinajstić information content (AvgIpc) is 1.62. The van der Waals surface area contributed by atoms with E-state index in [0.717, 1.165) is 107 Å². The van der Waals surface area contributed by atoms with Crippen LogP contribution in [0.15, 0.2) is 170 Å². The van der Waals surface area contributed by atoms with Gasteiger partial charge in [0.2, 0.25) is 0 Å². The Labute approximate surface area is 643 Å². The number of aromatic nitrogens is 6. The Morgan fingerprint density at radius 3 is 1.50 bits per heavy atom. The molecule has 13 heterocycles. The number of halogens is 2. The third kappa shape index (κ3) is 14.5. The van der Waals surface area contributed by atoms with E-state index < -0.39 is 0 Å². The number of fused-ring (bicyclic) bond motifs is 18. The van der Waals surface area contributed by atoms with Gasteiger partial charge in [0, 0.05) is 188 Å². The summed E-state index contributed by atoms with van der Waals surface area (Å²) < 4.78 is 37.2. The van der Waals surface area contributed by atoms with Crippen LogP contribution in [0.5, 0.6) is 0 Å². The SMILES string of the molecule is Cc1ccc2c(c1)c1c(n2CC(C)(c2ccc(F)cc2)N(C)C)CCN2CCCC12.Cc1ccc2c(c1)c1c(n2CC(N)c2ccncc2)CN(C)CC1.Cc1ccc2c(c1)c1c(n2CC(c2ccc(F)cc2)N(C)C)CCN2CCCC12.Cc1ccc2c(n1)c1c(n2CC(N)c2ccccc2)CCN2CCCC12. The van der Waals surface area contributed by atoms with Gasteiger partial charge in [-0.25, -0.2) is 8.78 Å². The summed E-state index contributed by atoms with van der Waals surface area (Å²) in [6.07, 6.45) is 15.8. The van der Waals surface area contributed by atoms with Gasteiger partial charge in [0.15, 0.2) is 0 Å². The van der Waals surface area contributed by atoms with Crippen molar-refractivity contribution in [3.05, 3.63) is 271 Å². The van der Waals surface area contributed by atoms with Crippen LogP contribution >= 0.6 is 0 Å². The molecule has 12 aromatic rings. The molecular weight excluding hydrogens is 1350 g/mol. The Morgan fingerprint density at radius 2 is 0.945 bits per heavy atom. The molecule has 7 unspecified atom stereocenters. The van der Waals surface area contributed by atoms with Crippen LogP contribution < -0.4 is 11.5 Å². The molecule has 3 saturated heterocycles. The molecule has 7 atom stereocenters. The summed E-state index contributed by atoms with van der Waals surface area (Å²) in [5, 5.41) is 4.27. The van der Waals surface area contributed by atoms with Crippen LogP contribution in [0.4, 0.5) is 8.78 Å². The summed E-state index contributed by atoms with van der Waals surface area (Å²) >= 11 is 0. The van der Waals surface area contributed by atoms with Gasteiger partial charge >= 0.3 is 0 Å². The fourth-order valence-corrected chi connectivity index (χ4v) is 19.8. The summed E-state index contributed by atoms with van der Waals surface area (Å²) in [4.78, 5) is 24.0. The molecule has 0 radical (unpaired) electrons. The van der Waals surface area contributed by atoms with Crippen LogP contribution in [0, 0.1) is 39.3 Å². The Bertz CT molecular complexity index is 5230. The fourth-order valence-electron chi connectivity index (χ4n) is 19.8. The molecule has 7 aliphatic rings. The summed E-state index contributed by atoms with van der Waals surface area (Å²) in [7, 11) is 10.7. The third-order valence-electron chi connectivity index (χ3n) is 25.8. The second-order valence-corrected chi connectivity index (χ2v) is 33.2. The van der Waals surface area contributed by atoms with Crippen molar-refractivity contribution >= 4 is 43.7 Å². The van der Waals surface area contributed by atoms with E-state index in [9.17, 15) is 8.78 Å². The quantitative estimate of drug-likeness (QED) is 0.109. The number of nitrogens with zero attached hydrogens (tertiary/aromatic N) is 12. The van der Waals surface area contributed by atoms with Crippen molar-refractivity contribution in [3.63, 3.8) is 0 Å². The van der Waals surface area contributed by atoms with E-state index in [1.54, 1.807) is 35.4 Å². The molecule has 19 rings (SSSR count). The second kappa shape index (κ2) is 31.2. The molecule has 0 aliphatic carbocycles. The highest BCUT2D eigenvalue weighted by Gasteiger charge is 2.41. The lowest BCUT2D eigenvalue weighted by atomic mass is 9.90. The first-order valence-electron chi connectivity index (χ1n) is 40.3. The second-order valence-electron chi connectivity index (χ2n) is 33.2. The van der Waals surface area contributed by atoms with Crippen LogP contribution in [-0.4, -0.2) is 139 Å². The van der Waals surface area contributed by atoms with Gasteiger partial charge in [-0.3, -0.25) is 29.6 Å². The molecule has 4 N–H and O–H groups in total. The largest absolute Gasteiger partial charge is 0.342 e. The van der Waals surface area contributed by atoms with Crippen LogP contribution in [-0.2, 0) is 63.9 Å². The number of hydrogen-bond acceptors (Lipinski definition) is 10. The van der Waals surface area contributed by atoms with Crippen molar-refractivity contribution in [2.24, 2.45) is 11.5 Å². The molecule has 14 nitrogen and oxygen atoms in total. The Morgan fingerprint density at radius 1 is 0.477 bits per heavy atom. The lowest BCUT2D eigenvalue weighted by Gasteiger charge is -2.39. The first kappa shape index (κ1) is 74.4. The average molecular weight is 1460 g/mol. The Balaban J connectivity index is 0.000000111. The Kier molecular flexibility index (Phi) is 21.3. The first-order chi connectivity index (χ1) is 52.8. The first-order valence-corrected chi connectivity index (χ1v) is 40.3. The van der Waals surface area contributed by atoms with Gasteiger partial charge in [0.1, 0.15) is 11.6 Å². The molecule has 7 aliphatic heterocycles. The van der Waals surface area contributed by atoms with Crippen molar-refractivity contribution in [1.29, 1.82) is 0 Å². The molecule has 0 amide bonds. The predicted octanol–water partition coefficient (Wildman–Crippen LogP) is 17.1. The van der Waals surface area contributed by atoms with Gasteiger partial charge < -0.3 is 39.5 Å². The summed E-state index contributed by atoms with van der Waals surface area (Å²) in [6, 6.07) is 55.4. The van der Waals surface area contributed by atoms with E-state index in [-0.39, 0.29) is 35.3 Å². The number of aryl methyl sites for hydroxylation is 4. The molecule has 0 spiro atoms. The number of rotatable bonds is 14. The maximum atomic E-state index is 13.6. The van der Waals surface area contributed by atoms with Gasteiger partial charge in [0.25, 0.3) is 0 Å². The van der Waals surface area contributed by atoms with Crippen molar-refractivity contribution in [1.82, 2.24) is 57.6 Å². The van der Waals surface area contributed by atoms with E-state index >= 15 is 0 Å². The molecule has 568 valence electrons. The Hall–Kier alpha value is -8.68. The minimum atomic E-state index is -0.231. The van der Waals surface area contributed by atoms with Gasteiger partial charge in [-0.05, 0) is 258 Å². The molecule has 6 aromatic carbocycles. The topological polar surface area (TPSA) is 117 Å². The highest BCUT2D eigenvalue weighted by molar-refractivity contribution is 5.89. The minimum Gasteiger partial charge on any atom is -0.342 e. The lowest BCUT2D eigenvalue weighted by Crippen LogP contribution is -2.43. The maximum absolute atomic E-state index is 13.6. The van der Waals surface area contributed by atoms with Crippen molar-refractivity contribution in [2.75, 3.05) is 81.1 Å². The monoisotopic (exact) mass is 1460 g/mol. The van der Waals surface area contributed by atoms with E-state index in [2.05, 4.69) is 214 Å². The number of likely N-dealkylation sites (N-methyl/N-ethyl adjacent to an activating group) is 3. The van der Waals surface area contributed by atoms with Crippen molar-refractivity contribution < 1.29 is 8.78 Å². The van der Waals surface area contributed by atoms with E-state index in [1.807, 2.05) is 54.9 Å². The molecule has 16 heteroatoms. The number of nitrogens with two attached hydrogens (primary N) is 2. The van der Waals surface area contributed by atoms with E-state index in [4.69, 9.17) is 16.5 Å². The van der Waals surface area contributed by atoms with Gasteiger partial charge in [-0.1, -0.05) is 89.5 Å². The highest BCUT2D eigenvalue weighted by atomic mass is 19.1. The van der Waals surface area contributed by atoms with E-state index in [1.165, 1.54) is 158 Å². The molecule has 6 aromatic heterocycles. The molecule has 0 saturated carbocycles. The standard InChI is InChI=1S/C26H32FN3.C25H30FN3.C22H26N4.C20H24N4/c1-18-7-12-22-21(16-18)25-23-6-5-14-29(23)15-13-24(25)30(22)17-26(2,28(3)4)19-8-10-20(27)11-9-19;1-17-6-11-21-20(15-17)25-22-5-4-13-28(22)14-12-23(25)29(21)16-24(27(2)3)18-7-9-19(26)10-8-18;1-15-9-10-20-22(24-15)21-18-8-5-12-25(18)13-11-19(21)26(20)14-17(23)16-6-3-2-4-7-16;1-14-3-4-19-17(11-14)16-7-10-23(2)13-20(16)24(19)12-18(21)15-5-8-22-9-6-15/h7-12,16,23H,5-6,13-15,17H2,1-4H3;6-11,15,22,24H,4-5,12-14,16H2,1-3H3;2-4,6-7,9-10,17-18H,5,8,11-14,23H2,1H3;3-6,8-9,11,18H,7,10,12-13,21H2,1-2H3. The fraction of sp³-hybridized carbons (Fsp3) is 0.419. The molecule has 0 bridgehead atoms. The smallest absolute Gasteiger partial charge is 0.123 e. The molecule has 3 fully saturated rings.